The smallest absolute Gasteiger partial charge is 0.0129 e. The van der Waals surface area contributed by atoms with Gasteiger partial charge in [-0.15, -0.1) is 0 Å². The summed E-state index contributed by atoms with van der Waals surface area (Å²) in [5.41, 5.74) is 0. The average Bonchev–Trinajstić information content (AvgIpc) is 3.00. The Bertz CT molecular complexity index is 258. The van der Waals surface area contributed by atoms with E-state index in [1.165, 1.54) is 51.7 Å². The first-order valence-electron chi connectivity index (χ1n) is 7.72. The molecule has 1 N–H and O–H groups in total. The van der Waals surface area contributed by atoms with Gasteiger partial charge >= 0.3 is 0 Å². The third kappa shape index (κ3) is 2.53. The van der Waals surface area contributed by atoms with Crippen molar-refractivity contribution in [1.29, 1.82) is 0 Å². The van der Waals surface area contributed by atoms with Crippen LogP contribution < -0.4 is 5.32 Å². The highest BCUT2D eigenvalue weighted by Gasteiger charge is 2.50. The van der Waals surface area contributed by atoms with Crippen LogP contribution in [0, 0.1) is 17.8 Å². The predicted molar refractivity (Wildman–Crippen MR) is 72.1 cm³/mol. The third-order valence-corrected chi connectivity index (χ3v) is 5.26. The SMILES string of the molecule is CC(C)N(CC1CCCNC1)C1CCC2CC21. The molecule has 2 nitrogen and oxygen atoms in total. The summed E-state index contributed by atoms with van der Waals surface area (Å²) in [6.45, 7) is 8.63. The van der Waals surface area contributed by atoms with Crippen LogP contribution in [0.4, 0.5) is 0 Å². The van der Waals surface area contributed by atoms with E-state index in [2.05, 4.69) is 24.1 Å². The van der Waals surface area contributed by atoms with Gasteiger partial charge in [-0.2, -0.15) is 0 Å². The molecule has 98 valence electrons. The van der Waals surface area contributed by atoms with Crippen LogP contribution in [-0.4, -0.2) is 36.6 Å². The quantitative estimate of drug-likeness (QED) is 0.807. The zero-order chi connectivity index (χ0) is 11.8. The summed E-state index contributed by atoms with van der Waals surface area (Å²) in [5, 5.41) is 3.56. The molecule has 2 heteroatoms. The largest absolute Gasteiger partial charge is 0.316 e. The zero-order valence-electron chi connectivity index (χ0n) is 11.5. The molecular weight excluding hydrogens is 208 g/mol. The molecular formula is C15H28N2. The zero-order valence-corrected chi connectivity index (χ0v) is 11.5. The highest BCUT2D eigenvalue weighted by atomic mass is 15.2. The van der Waals surface area contributed by atoms with Crippen LogP contribution in [-0.2, 0) is 0 Å². The summed E-state index contributed by atoms with van der Waals surface area (Å²) in [7, 11) is 0. The number of nitrogens with one attached hydrogen (secondary N) is 1. The Hall–Kier alpha value is -0.0800. The van der Waals surface area contributed by atoms with E-state index in [9.17, 15) is 0 Å². The first kappa shape index (κ1) is 12.0. The molecule has 0 spiro atoms. The fourth-order valence-corrected chi connectivity index (χ4v) is 4.19. The lowest BCUT2D eigenvalue weighted by molar-refractivity contribution is 0.108. The Morgan fingerprint density at radius 1 is 1.24 bits per heavy atom. The van der Waals surface area contributed by atoms with Crippen LogP contribution >= 0.6 is 0 Å². The lowest BCUT2D eigenvalue weighted by Crippen LogP contribution is -2.46. The van der Waals surface area contributed by atoms with Crippen molar-refractivity contribution in [3.8, 4) is 0 Å². The van der Waals surface area contributed by atoms with E-state index in [1.807, 2.05) is 0 Å². The maximum Gasteiger partial charge on any atom is 0.0129 e. The molecule has 1 saturated heterocycles. The Balaban J connectivity index is 1.59. The lowest BCUT2D eigenvalue weighted by atomic mass is 9.96. The van der Waals surface area contributed by atoms with Gasteiger partial charge in [-0.25, -0.2) is 0 Å². The Kier molecular flexibility index (Phi) is 3.45. The van der Waals surface area contributed by atoms with Crippen LogP contribution in [0.5, 0.6) is 0 Å². The summed E-state index contributed by atoms with van der Waals surface area (Å²) < 4.78 is 0. The van der Waals surface area contributed by atoms with Crippen molar-refractivity contribution in [3.05, 3.63) is 0 Å². The van der Waals surface area contributed by atoms with E-state index < -0.39 is 0 Å². The van der Waals surface area contributed by atoms with Crippen molar-refractivity contribution < 1.29 is 0 Å². The van der Waals surface area contributed by atoms with Gasteiger partial charge in [0.25, 0.3) is 0 Å². The summed E-state index contributed by atoms with van der Waals surface area (Å²) >= 11 is 0. The molecule has 0 aromatic carbocycles. The number of nitrogens with zero attached hydrogens (tertiary/aromatic N) is 1. The van der Waals surface area contributed by atoms with Crippen molar-refractivity contribution in [2.24, 2.45) is 17.8 Å². The van der Waals surface area contributed by atoms with Crippen molar-refractivity contribution >= 4 is 0 Å². The van der Waals surface area contributed by atoms with Crippen LogP contribution in [0.15, 0.2) is 0 Å². The van der Waals surface area contributed by atoms with Crippen molar-refractivity contribution in [3.63, 3.8) is 0 Å². The van der Waals surface area contributed by atoms with E-state index in [1.54, 1.807) is 0 Å². The van der Waals surface area contributed by atoms with Crippen LogP contribution in [0.3, 0.4) is 0 Å². The second-order valence-corrected chi connectivity index (χ2v) is 6.81. The minimum Gasteiger partial charge on any atom is -0.316 e. The summed E-state index contributed by atoms with van der Waals surface area (Å²) in [4.78, 5) is 2.84. The molecule has 1 aliphatic heterocycles. The van der Waals surface area contributed by atoms with Crippen LogP contribution in [0.1, 0.15) is 46.0 Å². The fraction of sp³-hybridized carbons (Fsp3) is 1.00. The van der Waals surface area contributed by atoms with Gasteiger partial charge in [-0.3, -0.25) is 4.90 Å². The number of fused-ring (bicyclic) bond motifs is 1. The molecule has 4 atom stereocenters. The monoisotopic (exact) mass is 236 g/mol. The Morgan fingerprint density at radius 2 is 2.12 bits per heavy atom. The fourth-order valence-electron chi connectivity index (χ4n) is 4.19. The third-order valence-electron chi connectivity index (χ3n) is 5.26. The van der Waals surface area contributed by atoms with Crippen molar-refractivity contribution in [2.45, 2.75) is 58.0 Å². The van der Waals surface area contributed by atoms with Gasteiger partial charge in [-0.05, 0) is 76.8 Å². The van der Waals surface area contributed by atoms with Crippen molar-refractivity contribution in [1.82, 2.24) is 10.2 Å². The second-order valence-electron chi connectivity index (χ2n) is 6.81. The van der Waals surface area contributed by atoms with Gasteiger partial charge in [0.1, 0.15) is 0 Å². The van der Waals surface area contributed by atoms with Gasteiger partial charge in [0.15, 0.2) is 0 Å². The van der Waals surface area contributed by atoms with E-state index >= 15 is 0 Å². The van der Waals surface area contributed by atoms with Gasteiger partial charge in [0.2, 0.25) is 0 Å². The standard InChI is InChI=1S/C15H28N2/c1-11(2)17(10-12-4-3-7-16-9-12)15-6-5-13-8-14(13)15/h11-16H,3-10H2,1-2H3. The van der Waals surface area contributed by atoms with E-state index in [-0.39, 0.29) is 0 Å². The number of hydrogen-bond acceptors (Lipinski definition) is 2. The molecule has 0 aromatic rings. The second kappa shape index (κ2) is 4.89. The molecule has 3 aliphatic rings. The highest BCUT2D eigenvalue weighted by Crippen LogP contribution is 2.54. The predicted octanol–water partition coefficient (Wildman–Crippen LogP) is 2.49. The minimum absolute atomic E-state index is 0.737. The number of piperidine rings is 1. The lowest BCUT2D eigenvalue weighted by Gasteiger charge is -2.37. The molecule has 3 fully saturated rings. The van der Waals surface area contributed by atoms with Crippen LogP contribution in [0.25, 0.3) is 0 Å². The summed E-state index contributed by atoms with van der Waals surface area (Å²) in [6.07, 6.45) is 7.36. The van der Waals surface area contributed by atoms with Crippen molar-refractivity contribution in [2.75, 3.05) is 19.6 Å². The highest BCUT2D eigenvalue weighted by molar-refractivity contribution is 5.03. The van der Waals surface area contributed by atoms with Gasteiger partial charge in [-0.1, -0.05) is 0 Å². The molecule has 2 saturated carbocycles. The maximum absolute atomic E-state index is 3.56. The molecule has 0 radical (unpaired) electrons. The average molecular weight is 236 g/mol. The van der Waals surface area contributed by atoms with Gasteiger partial charge in [0.05, 0.1) is 0 Å². The van der Waals surface area contributed by atoms with Gasteiger partial charge < -0.3 is 5.32 Å². The molecule has 0 aromatic heterocycles. The molecule has 3 rings (SSSR count). The van der Waals surface area contributed by atoms with E-state index in [0.29, 0.717) is 0 Å². The normalized spacial score (nSPS) is 40.9. The summed E-state index contributed by atoms with van der Waals surface area (Å²) in [6, 6.07) is 1.67. The Labute approximate surface area is 106 Å². The van der Waals surface area contributed by atoms with E-state index in [0.717, 1.165) is 29.8 Å². The number of hydrogen-bond donors (Lipinski definition) is 1. The molecule has 1 heterocycles. The minimum atomic E-state index is 0.737. The molecule has 0 amide bonds. The molecule has 2 aliphatic carbocycles. The van der Waals surface area contributed by atoms with Crippen LogP contribution in [0.2, 0.25) is 0 Å². The van der Waals surface area contributed by atoms with E-state index in [4.69, 9.17) is 0 Å². The summed E-state index contributed by atoms with van der Waals surface area (Å²) in [5.74, 6) is 3.10. The first-order valence-corrected chi connectivity index (χ1v) is 7.72. The number of rotatable bonds is 4. The van der Waals surface area contributed by atoms with Gasteiger partial charge in [0, 0.05) is 18.6 Å². The maximum atomic E-state index is 3.56. The Morgan fingerprint density at radius 3 is 2.65 bits per heavy atom. The molecule has 17 heavy (non-hydrogen) atoms. The molecule has 4 unspecified atom stereocenters. The topological polar surface area (TPSA) is 15.3 Å². The molecule has 0 bridgehead atoms. The first-order chi connectivity index (χ1) is 8.25.